The summed E-state index contributed by atoms with van der Waals surface area (Å²) in [6.45, 7) is 8.23. The summed E-state index contributed by atoms with van der Waals surface area (Å²) in [5.74, 6) is -0.676. The molecule has 23 heavy (non-hydrogen) atoms. The molecule has 0 aliphatic carbocycles. The van der Waals surface area contributed by atoms with Gasteiger partial charge in [0.1, 0.15) is 5.82 Å². The second-order valence-corrected chi connectivity index (χ2v) is 7.65. The van der Waals surface area contributed by atoms with Crippen molar-refractivity contribution >= 4 is 11.6 Å². The van der Waals surface area contributed by atoms with E-state index in [0.29, 0.717) is 18.9 Å². The highest BCUT2D eigenvalue weighted by atomic mass is 35.5. The van der Waals surface area contributed by atoms with Crippen molar-refractivity contribution in [2.75, 3.05) is 0 Å². The summed E-state index contributed by atoms with van der Waals surface area (Å²) in [4.78, 5) is 0. The second-order valence-electron chi connectivity index (χ2n) is 7.25. The first-order chi connectivity index (χ1) is 10.4. The Hall–Kier alpha value is -0.810. The van der Waals surface area contributed by atoms with Crippen LogP contribution >= 0.6 is 11.6 Å². The van der Waals surface area contributed by atoms with E-state index in [9.17, 15) is 17.6 Å². The number of halogens is 5. The Balaban J connectivity index is 2.32. The van der Waals surface area contributed by atoms with Crippen molar-refractivity contribution in [3.63, 3.8) is 0 Å². The van der Waals surface area contributed by atoms with Crippen molar-refractivity contribution in [2.45, 2.75) is 58.9 Å². The third kappa shape index (κ3) is 4.00. The molecule has 1 aromatic carbocycles. The monoisotopic (exact) mass is 352 g/mol. The Labute approximate surface area is 139 Å². The Morgan fingerprint density at radius 2 is 1.78 bits per heavy atom. The summed E-state index contributed by atoms with van der Waals surface area (Å²) in [5, 5.41) is -0.529. The first-order valence-corrected chi connectivity index (χ1v) is 8.00. The number of alkyl halides is 3. The standard InChI is InChI=1S/C17H21ClF4O/c1-9(16(2,3)4)14-5-6-15(23-14)10-7-13(19)12(18)8-11(10)17(20,21)22/h7-9,14-15H,5-6H2,1-4H3/t9-,14-,15+/m0/s1. The van der Waals surface area contributed by atoms with E-state index in [0.717, 1.165) is 6.07 Å². The second kappa shape index (κ2) is 6.25. The minimum Gasteiger partial charge on any atom is -0.370 e. The van der Waals surface area contributed by atoms with Crippen LogP contribution in [-0.2, 0) is 10.9 Å². The lowest BCUT2D eigenvalue weighted by Crippen LogP contribution is -2.29. The molecule has 0 aromatic heterocycles. The van der Waals surface area contributed by atoms with Crippen LogP contribution in [0.4, 0.5) is 17.6 Å². The Bertz CT molecular complexity index is 577. The highest BCUT2D eigenvalue weighted by Crippen LogP contribution is 2.45. The zero-order chi connectivity index (χ0) is 17.6. The van der Waals surface area contributed by atoms with Crippen molar-refractivity contribution in [1.82, 2.24) is 0 Å². The van der Waals surface area contributed by atoms with Crippen molar-refractivity contribution in [2.24, 2.45) is 11.3 Å². The molecule has 0 amide bonds. The van der Waals surface area contributed by atoms with Crippen LogP contribution in [0.1, 0.15) is 57.8 Å². The number of rotatable bonds is 2. The molecule has 1 aliphatic heterocycles. The molecule has 0 unspecified atom stereocenters. The predicted octanol–water partition coefficient (Wildman–Crippen LogP) is 6.40. The van der Waals surface area contributed by atoms with E-state index in [1.165, 1.54) is 0 Å². The van der Waals surface area contributed by atoms with Crippen LogP contribution in [0.25, 0.3) is 0 Å². The topological polar surface area (TPSA) is 9.23 Å². The van der Waals surface area contributed by atoms with Gasteiger partial charge >= 0.3 is 6.18 Å². The van der Waals surface area contributed by atoms with Gasteiger partial charge in [-0.1, -0.05) is 39.3 Å². The third-order valence-electron chi connectivity index (χ3n) is 4.72. The zero-order valence-corrected chi connectivity index (χ0v) is 14.4. The summed E-state index contributed by atoms with van der Waals surface area (Å²) in [7, 11) is 0. The number of ether oxygens (including phenoxy) is 1. The quantitative estimate of drug-likeness (QED) is 0.559. The molecule has 3 atom stereocenters. The first kappa shape index (κ1) is 18.5. The number of hydrogen-bond acceptors (Lipinski definition) is 1. The van der Waals surface area contributed by atoms with Gasteiger partial charge in [-0.3, -0.25) is 0 Å². The third-order valence-corrected chi connectivity index (χ3v) is 5.01. The molecule has 6 heteroatoms. The van der Waals surface area contributed by atoms with Crippen LogP contribution in [0.3, 0.4) is 0 Å². The Kier molecular flexibility index (Phi) is 5.03. The van der Waals surface area contributed by atoms with Crippen molar-refractivity contribution in [3.05, 3.63) is 34.1 Å². The molecule has 1 aromatic rings. The van der Waals surface area contributed by atoms with Gasteiger partial charge in [-0.15, -0.1) is 0 Å². The van der Waals surface area contributed by atoms with Crippen LogP contribution in [0.5, 0.6) is 0 Å². The van der Waals surface area contributed by atoms with Crippen LogP contribution in [0.15, 0.2) is 12.1 Å². The zero-order valence-electron chi connectivity index (χ0n) is 13.6. The van der Waals surface area contributed by atoms with Crippen LogP contribution in [0.2, 0.25) is 5.02 Å². The molecule has 0 bridgehead atoms. The van der Waals surface area contributed by atoms with Gasteiger partial charge in [-0.2, -0.15) is 13.2 Å². The van der Waals surface area contributed by atoms with E-state index in [-0.39, 0.29) is 23.0 Å². The van der Waals surface area contributed by atoms with Crippen molar-refractivity contribution in [3.8, 4) is 0 Å². The molecule has 1 heterocycles. The Morgan fingerprint density at radius 1 is 1.17 bits per heavy atom. The van der Waals surface area contributed by atoms with Gasteiger partial charge in [0, 0.05) is 0 Å². The molecule has 1 aliphatic rings. The molecule has 0 saturated carbocycles. The summed E-state index contributed by atoms with van der Waals surface area (Å²) >= 11 is 5.52. The molecular formula is C17H21ClF4O. The van der Waals surface area contributed by atoms with Gasteiger partial charge < -0.3 is 4.74 Å². The molecule has 1 nitrogen and oxygen atoms in total. The normalized spacial score (nSPS) is 24.0. The maximum absolute atomic E-state index is 13.7. The molecule has 1 saturated heterocycles. The van der Waals surface area contributed by atoms with E-state index < -0.39 is 28.7 Å². The van der Waals surface area contributed by atoms with Gasteiger partial charge in [-0.25, -0.2) is 4.39 Å². The minimum atomic E-state index is -4.59. The van der Waals surface area contributed by atoms with Crippen LogP contribution in [-0.4, -0.2) is 6.10 Å². The lowest BCUT2D eigenvalue weighted by atomic mass is 9.78. The van der Waals surface area contributed by atoms with Crippen LogP contribution < -0.4 is 0 Å². The number of benzene rings is 1. The van der Waals surface area contributed by atoms with Crippen LogP contribution in [0, 0.1) is 17.2 Å². The van der Waals surface area contributed by atoms with Gasteiger partial charge in [0.15, 0.2) is 0 Å². The maximum Gasteiger partial charge on any atom is 0.416 e. The molecular weight excluding hydrogens is 332 g/mol. The van der Waals surface area contributed by atoms with E-state index in [2.05, 4.69) is 20.8 Å². The SMILES string of the molecule is C[C@@H]([C@@H]1CC[C@H](c2cc(F)c(Cl)cc2C(F)(F)F)O1)C(C)(C)C. The lowest BCUT2D eigenvalue weighted by Gasteiger charge is -2.32. The molecule has 0 N–H and O–H groups in total. The van der Waals surface area contributed by atoms with E-state index in [1.54, 1.807) is 0 Å². The first-order valence-electron chi connectivity index (χ1n) is 7.63. The fourth-order valence-electron chi connectivity index (χ4n) is 2.89. The summed E-state index contributed by atoms with van der Waals surface area (Å²) in [6.07, 6.45) is -4.39. The van der Waals surface area contributed by atoms with Gasteiger partial charge in [0.05, 0.1) is 22.8 Å². The molecule has 130 valence electrons. The fraction of sp³-hybridized carbons (Fsp3) is 0.647. The molecule has 0 radical (unpaired) electrons. The van der Waals surface area contributed by atoms with Crippen molar-refractivity contribution in [1.29, 1.82) is 0 Å². The van der Waals surface area contributed by atoms with E-state index in [4.69, 9.17) is 16.3 Å². The van der Waals surface area contributed by atoms with Gasteiger partial charge in [-0.05, 0) is 41.9 Å². The summed E-state index contributed by atoms with van der Waals surface area (Å²) in [6, 6.07) is 1.51. The van der Waals surface area contributed by atoms with Gasteiger partial charge in [0.25, 0.3) is 0 Å². The molecule has 1 fully saturated rings. The largest absolute Gasteiger partial charge is 0.416 e. The molecule has 2 rings (SSSR count). The predicted molar refractivity (Wildman–Crippen MR) is 81.9 cm³/mol. The average Bonchev–Trinajstić information content (AvgIpc) is 2.87. The van der Waals surface area contributed by atoms with Gasteiger partial charge in [0.2, 0.25) is 0 Å². The van der Waals surface area contributed by atoms with Crippen molar-refractivity contribution < 1.29 is 22.3 Å². The minimum absolute atomic E-state index is 0.0162. The highest BCUT2D eigenvalue weighted by molar-refractivity contribution is 6.30. The number of hydrogen-bond donors (Lipinski definition) is 0. The maximum atomic E-state index is 13.7. The molecule has 0 spiro atoms. The highest BCUT2D eigenvalue weighted by Gasteiger charge is 2.41. The smallest absolute Gasteiger partial charge is 0.370 e. The Morgan fingerprint density at radius 3 is 2.30 bits per heavy atom. The van der Waals surface area contributed by atoms with E-state index in [1.807, 2.05) is 6.92 Å². The summed E-state index contributed by atoms with van der Waals surface area (Å²) < 4.78 is 59.2. The average molecular weight is 353 g/mol. The summed E-state index contributed by atoms with van der Waals surface area (Å²) in [5.41, 5.74) is -1.10. The lowest BCUT2D eigenvalue weighted by molar-refractivity contribution is -0.139. The van der Waals surface area contributed by atoms with E-state index >= 15 is 0 Å². The fourth-order valence-corrected chi connectivity index (χ4v) is 3.05.